The predicted molar refractivity (Wildman–Crippen MR) is 115 cm³/mol. The quantitative estimate of drug-likeness (QED) is 0.276. The number of hydrogen-bond donors (Lipinski definition) is 2. The van der Waals surface area contributed by atoms with Crippen molar-refractivity contribution in [2.75, 3.05) is 5.32 Å². The van der Waals surface area contributed by atoms with E-state index in [1.165, 1.54) is 24.3 Å². The summed E-state index contributed by atoms with van der Waals surface area (Å²) in [6.07, 6.45) is 2.78. The van der Waals surface area contributed by atoms with Gasteiger partial charge in [0.05, 0.1) is 4.92 Å². The summed E-state index contributed by atoms with van der Waals surface area (Å²) in [5.74, 6) is 0.705. The third-order valence-electron chi connectivity index (χ3n) is 3.92. The second-order valence-electron chi connectivity index (χ2n) is 6.12. The van der Waals surface area contributed by atoms with E-state index in [9.17, 15) is 14.9 Å². The Labute approximate surface area is 172 Å². The van der Waals surface area contributed by atoms with Gasteiger partial charge in [-0.1, -0.05) is 36.4 Å². The zero-order valence-corrected chi connectivity index (χ0v) is 16.2. The van der Waals surface area contributed by atoms with E-state index in [1.54, 1.807) is 19.1 Å². The van der Waals surface area contributed by atoms with Crippen molar-refractivity contribution in [2.24, 2.45) is 0 Å². The van der Waals surface area contributed by atoms with Gasteiger partial charge in [-0.25, -0.2) is 0 Å². The molecule has 0 atom stereocenters. The summed E-state index contributed by atoms with van der Waals surface area (Å²) in [4.78, 5) is 22.7. The van der Waals surface area contributed by atoms with Crippen LogP contribution in [0.25, 0.3) is 17.4 Å². The van der Waals surface area contributed by atoms with Crippen molar-refractivity contribution in [3.63, 3.8) is 0 Å². The molecule has 0 aliphatic heterocycles. The summed E-state index contributed by atoms with van der Waals surface area (Å²) >= 11 is 5.07. The second-order valence-corrected chi connectivity index (χ2v) is 6.53. The Hall–Kier alpha value is -3.78. The first-order valence-electron chi connectivity index (χ1n) is 8.63. The molecule has 0 unspecified atom stereocenters. The van der Waals surface area contributed by atoms with E-state index in [2.05, 4.69) is 10.6 Å². The maximum Gasteiger partial charge on any atom is 0.292 e. The van der Waals surface area contributed by atoms with E-state index in [0.29, 0.717) is 11.5 Å². The molecule has 2 N–H and O–H groups in total. The molecule has 29 heavy (non-hydrogen) atoms. The number of thiocarbonyl (C=S) groups is 1. The Morgan fingerprint density at radius 1 is 1.14 bits per heavy atom. The number of rotatable bonds is 5. The van der Waals surface area contributed by atoms with Crippen LogP contribution in [0.15, 0.2) is 71.2 Å². The molecule has 1 heterocycles. The summed E-state index contributed by atoms with van der Waals surface area (Å²) in [5, 5.41) is 16.2. The summed E-state index contributed by atoms with van der Waals surface area (Å²) < 4.78 is 5.68. The number of carbonyl (C=O) groups excluding carboxylic acids is 1. The van der Waals surface area contributed by atoms with Crippen LogP contribution in [0.1, 0.15) is 11.3 Å². The van der Waals surface area contributed by atoms with Crippen molar-refractivity contribution < 1.29 is 14.1 Å². The van der Waals surface area contributed by atoms with Gasteiger partial charge in [-0.2, -0.15) is 0 Å². The summed E-state index contributed by atoms with van der Waals surface area (Å²) in [7, 11) is 0. The van der Waals surface area contributed by atoms with Crippen molar-refractivity contribution in [1.29, 1.82) is 0 Å². The van der Waals surface area contributed by atoms with Crippen molar-refractivity contribution in [3.05, 3.63) is 88.2 Å². The molecule has 0 aliphatic carbocycles. The van der Waals surface area contributed by atoms with Crippen LogP contribution in [-0.4, -0.2) is 15.9 Å². The molecule has 0 saturated heterocycles. The smallest absolute Gasteiger partial charge is 0.292 e. The van der Waals surface area contributed by atoms with E-state index in [4.69, 9.17) is 16.6 Å². The minimum Gasteiger partial charge on any atom is -0.457 e. The third-order valence-corrected chi connectivity index (χ3v) is 4.12. The van der Waals surface area contributed by atoms with E-state index in [-0.39, 0.29) is 16.5 Å². The van der Waals surface area contributed by atoms with E-state index >= 15 is 0 Å². The average Bonchev–Trinajstić information content (AvgIpc) is 3.17. The maximum atomic E-state index is 12.1. The molecule has 0 aliphatic rings. The Morgan fingerprint density at radius 3 is 2.62 bits per heavy atom. The van der Waals surface area contributed by atoms with Crippen LogP contribution in [0.5, 0.6) is 0 Å². The fraction of sp³-hybridized carbons (Fsp3) is 0.0476. The van der Waals surface area contributed by atoms with Gasteiger partial charge < -0.3 is 9.73 Å². The molecule has 0 bridgehead atoms. The molecule has 8 heteroatoms. The highest BCUT2D eigenvalue weighted by Gasteiger charge is 2.15. The molecular formula is C21H17N3O4S. The molecule has 2 aromatic carbocycles. The van der Waals surface area contributed by atoms with E-state index in [1.807, 2.05) is 36.4 Å². The summed E-state index contributed by atoms with van der Waals surface area (Å²) in [6.45, 7) is 1.75. The van der Waals surface area contributed by atoms with Gasteiger partial charge in [0.2, 0.25) is 5.91 Å². The second kappa shape index (κ2) is 8.94. The Balaban J connectivity index is 1.60. The highest BCUT2D eigenvalue weighted by Crippen LogP contribution is 2.25. The molecule has 0 radical (unpaired) electrons. The molecule has 3 rings (SSSR count). The van der Waals surface area contributed by atoms with Crippen LogP contribution in [-0.2, 0) is 4.79 Å². The number of anilines is 1. The Bertz CT molecular complexity index is 1090. The fourth-order valence-electron chi connectivity index (χ4n) is 2.56. The third kappa shape index (κ3) is 5.36. The molecule has 0 spiro atoms. The minimum absolute atomic E-state index is 0.0453. The number of nitrogens with zero attached hydrogens (tertiary/aromatic N) is 1. The number of carbonyl (C=O) groups is 1. The highest BCUT2D eigenvalue weighted by molar-refractivity contribution is 7.80. The molecule has 146 valence electrons. The Morgan fingerprint density at radius 2 is 1.90 bits per heavy atom. The lowest BCUT2D eigenvalue weighted by Crippen LogP contribution is -2.33. The van der Waals surface area contributed by atoms with Gasteiger partial charge in [-0.15, -0.1) is 0 Å². The number of nitro groups is 1. The number of benzene rings is 2. The molecule has 0 fully saturated rings. The zero-order valence-electron chi connectivity index (χ0n) is 15.4. The first-order chi connectivity index (χ1) is 13.9. The van der Waals surface area contributed by atoms with Gasteiger partial charge in [0.25, 0.3) is 5.69 Å². The summed E-state index contributed by atoms with van der Waals surface area (Å²) in [6, 6.07) is 17.8. The Kier molecular flexibility index (Phi) is 6.16. The highest BCUT2D eigenvalue weighted by atomic mass is 32.1. The molecule has 1 amide bonds. The number of nitrogens with one attached hydrogen (secondary N) is 2. The van der Waals surface area contributed by atoms with Crippen molar-refractivity contribution in [2.45, 2.75) is 6.92 Å². The monoisotopic (exact) mass is 407 g/mol. The minimum atomic E-state index is -0.513. The van der Waals surface area contributed by atoms with E-state index in [0.717, 1.165) is 11.1 Å². The van der Waals surface area contributed by atoms with Crippen LogP contribution in [0.2, 0.25) is 0 Å². The first kappa shape index (κ1) is 20.0. The fourth-order valence-corrected chi connectivity index (χ4v) is 2.77. The molecular weight excluding hydrogens is 390 g/mol. The van der Waals surface area contributed by atoms with Gasteiger partial charge in [0, 0.05) is 17.7 Å². The summed E-state index contributed by atoms with van der Waals surface area (Å²) in [5.41, 5.74) is 1.75. The number of nitro benzene ring substituents is 1. The van der Waals surface area contributed by atoms with Crippen LogP contribution >= 0.6 is 12.2 Å². The van der Waals surface area contributed by atoms with Crippen molar-refractivity contribution in [1.82, 2.24) is 5.32 Å². The lowest BCUT2D eigenvalue weighted by Gasteiger charge is -2.09. The molecule has 7 nitrogen and oxygen atoms in total. The standard InChI is InChI=1S/C21H17N3O4S/c1-14-7-10-17(18(13-14)24(26)27)22-21(29)23-20(25)12-9-16-8-11-19(28-16)15-5-3-2-4-6-15/h2-13H,1H3,(H2,22,23,25,29)/b12-9+. The zero-order chi connectivity index (χ0) is 20.8. The largest absolute Gasteiger partial charge is 0.457 e. The lowest BCUT2D eigenvalue weighted by molar-refractivity contribution is -0.383. The van der Waals surface area contributed by atoms with Gasteiger partial charge in [0.15, 0.2) is 5.11 Å². The first-order valence-corrected chi connectivity index (χ1v) is 9.03. The normalized spacial score (nSPS) is 10.7. The van der Waals surface area contributed by atoms with Gasteiger partial charge >= 0.3 is 0 Å². The number of furan rings is 1. The number of hydrogen-bond acceptors (Lipinski definition) is 5. The van der Waals surface area contributed by atoms with Gasteiger partial charge in [-0.05, 0) is 49.0 Å². The van der Waals surface area contributed by atoms with E-state index < -0.39 is 10.8 Å². The molecule has 0 saturated carbocycles. The van der Waals surface area contributed by atoms with Crippen LogP contribution in [0.3, 0.4) is 0 Å². The predicted octanol–water partition coefficient (Wildman–Crippen LogP) is 4.69. The van der Waals surface area contributed by atoms with Crippen LogP contribution in [0, 0.1) is 17.0 Å². The van der Waals surface area contributed by atoms with Crippen molar-refractivity contribution >= 4 is 40.7 Å². The van der Waals surface area contributed by atoms with Crippen molar-refractivity contribution in [3.8, 4) is 11.3 Å². The SMILES string of the molecule is Cc1ccc(NC(=S)NC(=O)/C=C/c2ccc(-c3ccccc3)o2)c([N+](=O)[O-])c1. The van der Waals surface area contributed by atoms with Crippen LogP contribution in [0.4, 0.5) is 11.4 Å². The average molecular weight is 407 g/mol. The van der Waals surface area contributed by atoms with Gasteiger partial charge in [0.1, 0.15) is 17.2 Å². The lowest BCUT2D eigenvalue weighted by atomic mass is 10.2. The molecule has 1 aromatic heterocycles. The number of amides is 1. The topological polar surface area (TPSA) is 97.4 Å². The maximum absolute atomic E-state index is 12.1. The van der Waals surface area contributed by atoms with Gasteiger partial charge in [-0.3, -0.25) is 20.2 Å². The van der Waals surface area contributed by atoms with Crippen LogP contribution < -0.4 is 10.6 Å². The number of aryl methyl sites for hydroxylation is 1. The molecule has 3 aromatic rings.